The van der Waals surface area contributed by atoms with Crippen LogP contribution in [0, 0.1) is 11.6 Å². The van der Waals surface area contributed by atoms with Crippen LogP contribution in [0.15, 0.2) is 43.0 Å². The number of hydrogen-bond donors (Lipinski definition) is 0. The third-order valence-electron chi connectivity index (χ3n) is 5.93. The molecule has 6 nitrogen and oxygen atoms in total. The van der Waals surface area contributed by atoms with E-state index in [1.165, 1.54) is 6.07 Å². The molecule has 3 aromatic rings. The summed E-state index contributed by atoms with van der Waals surface area (Å²) in [6.45, 7) is 1.23. The maximum Gasteiger partial charge on any atom is 0.197 e. The van der Waals surface area contributed by atoms with E-state index in [0.717, 1.165) is 24.0 Å². The van der Waals surface area contributed by atoms with Gasteiger partial charge in [-0.15, -0.1) is 0 Å². The fourth-order valence-corrected chi connectivity index (χ4v) is 4.17. The monoisotopic (exact) mass is 409 g/mol. The highest BCUT2D eigenvalue weighted by atomic mass is 19.2. The molecule has 0 unspecified atom stereocenters. The highest BCUT2D eigenvalue weighted by Crippen LogP contribution is 2.55. The van der Waals surface area contributed by atoms with Crippen LogP contribution in [0.2, 0.25) is 0 Å². The molecule has 3 atom stereocenters. The lowest BCUT2D eigenvalue weighted by molar-refractivity contribution is 0.121. The minimum absolute atomic E-state index is 0.0500. The van der Waals surface area contributed by atoms with Gasteiger partial charge in [0.05, 0.1) is 11.8 Å². The van der Waals surface area contributed by atoms with E-state index in [0.29, 0.717) is 30.4 Å². The van der Waals surface area contributed by atoms with E-state index in [2.05, 4.69) is 19.9 Å². The van der Waals surface area contributed by atoms with Gasteiger partial charge in [-0.1, -0.05) is 0 Å². The Bertz CT molecular complexity index is 1050. The number of aromatic nitrogens is 4. The van der Waals surface area contributed by atoms with Gasteiger partial charge in [0.1, 0.15) is 0 Å². The van der Waals surface area contributed by atoms with Crippen LogP contribution in [-0.2, 0) is 4.74 Å². The molecule has 1 aliphatic carbocycles. The third kappa shape index (κ3) is 3.52. The first kappa shape index (κ1) is 19.0. The summed E-state index contributed by atoms with van der Waals surface area (Å²) in [5.74, 6) is -0.332. The van der Waals surface area contributed by atoms with Crippen LogP contribution in [-0.4, -0.2) is 46.2 Å². The van der Waals surface area contributed by atoms with Crippen molar-refractivity contribution in [3.8, 4) is 11.6 Å². The van der Waals surface area contributed by atoms with Crippen molar-refractivity contribution in [3.05, 3.63) is 65.7 Å². The minimum atomic E-state index is -0.804. The van der Waals surface area contributed by atoms with Gasteiger partial charge in [0.2, 0.25) is 0 Å². The first-order chi connectivity index (χ1) is 14.6. The van der Waals surface area contributed by atoms with Crippen LogP contribution in [0.3, 0.4) is 0 Å². The quantitative estimate of drug-likeness (QED) is 0.640. The Kier molecular flexibility index (Phi) is 4.86. The van der Waals surface area contributed by atoms with Gasteiger partial charge >= 0.3 is 0 Å². The summed E-state index contributed by atoms with van der Waals surface area (Å²) < 4.78 is 34.2. The second kappa shape index (κ2) is 7.68. The molecule has 0 spiro atoms. The van der Waals surface area contributed by atoms with Crippen LogP contribution in [0.25, 0.3) is 11.6 Å². The Labute approximate surface area is 173 Å². The maximum atomic E-state index is 14.5. The SMILES string of the molecule is CO[C@H]1CCN(c2cc([C@H]3C[C@H]3c3cnc(-c4ncccn4)nc3)cc(F)c2F)C1. The molecular formula is C22H21F2N5O. The molecule has 1 saturated heterocycles. The normalized spacial score (nSPS) is 23.0. The van der Waals surface area contributed by atoms with Crippen molar-refractivity contribution in [3.63, 3.8) is 0 Å². The summed E-state index contributed by atoms with van der Waals surface area (Å²) in [7, 11) is 1.65. The number of halogens is 2. The van der Waals surface area contributed by atoms with Crippen LogP contribution in [0.5, 0.6) is 0 Å². The van der Waals surface area contributed by atoms with Crippen molar-refractivity contribution in [1.29, 1.82) is 0 Å². The van der Waals surface area contributed by atoms with Crippen LogP contribution >= 0.6 is 0 Å². The molecule has 1 saturated carbocycles. The summed E-state index contributed by atoms with van der Waals surface area (Å²) in [4.78, 5) is 18.9. The zero-order chi connectivity index (χ0) is 20.7. The van der Waals surface area contributed by atoms with Crippen molar-refractivity contribution >= 4 is 5.69 Å². The fraction of sp³-hybridized carbons (Fsp3) is 0.364. The zero-order valence-corrected chi connectivity index (χ0v) is 16.5. The van der Waals surface area contributed by atoms with Crippen LogP contribution in [0.4, 0.5) is 14.5 Å². The molecule has 0 radical (unpaired) electrons. The average molecular weight is 409 g/mol. The fourth-order valence-electron chi connectivity index (χ4n) is 4.17. The molecule has 8 heteroatoms. The van der Waals surface area contributed by atoms with Gasteiger partial charge < -0.3 is 9.64 Å². The molecule has 0 N–H and O–H groups in total. The van der Waals surface area contributed by atoms with E-state index < -0.39 is 11.6 Å². The molecule has 2 aliphatic rings. The minimum Gasteiger partial charge on any atom is -0.380 e. The smallest absolute Gasteiger partial charge is 0.197 e. The summed E-state index contributed by atoms with van der Waals surface area (Å²) in [5, 5.41) is 0. The number of benzene rings is 1. The highest BCUT2D eigenvalue weighted by molar-refractivity contribution is 5.54. The zero-order valence-electron chi connectivity index (χ0n) is 16.5. The largest absolute Gasteiger partial charge is 0.380 e. The second-order valence-corrected chi connectivity index (χ2v) is 7.79. The number of rotatable bonds is 5. The summed E-state index contributed by atoms with van der Waals surface area (Å²) in [6, 6.07) is 4.84. The molecule has 154 valence electrons. The number of methoxy groups -OCH3 is 1. The van der Waals surface area contributed by atoms with E-state index in [9.17, 15) is 8.78 Å². The Balaban J connectivity index is 1.35. The lowest BCUT2D eigenvalue weighted by Crippen LogP contribution is -2.23. The van der Waals surface area contributed by atoms with Crippen molar-refractivity contribution < 1.29 is 13.5 Å². The predicted octanol–water partition coefficient (Wildman–Crippen LogP) is 3.71. The van der Waals surface area contributed by atoms with Gasteiger partial charge in [-0.2, -0.15) is 0 Å². The molecule has 30 heavy (non-hydrogen) atoms. The lowest BCUT2D eigenvalue weighted by Gasteiger charge is -2.20. The Morgan fingerprint density at radius 3 is 2.37 bits per heavy atom. The molecule has 0 bridgehead atoms. The van der Waals surface area contributed by atoms with Gasteiger partial charge in [-0.05, 0) is 54.0 Å². The highest BCUT2D eigenvalue weighted by Gasteiger charge is 2.41. The third-order valence-corrected chi connectivity index (χ3v) is 5.93. The van der Waals surface area contributed by atoms with E-state index in [1.807, 2.05) is 4.90 Å². The first-order valence-corrected chi connectivity index (χ1v) is 10.00. The van der Waals surface area contributed by atoms with Gasteiger partial charge in [-0.25, -0.2) is 28.7 Å². The van der Waals surface area contributed by atoms with Crippen LogP contribution in [0.1, 0.15) is 35.8 Å². The molecule has 3 heterocycles. The Morgan fingerprint density at radius 2 is 1.67 bits per heavy atom. The van der Waals surface area contributed by atoms with Gasteiger partial charge in [0.25, 0.3) is 0 Å². The number of anilines is 1. The van der Waals surface area contributed by atoms with Crippen molar-refractivity contribution in [2.24, 2.45) is 0 Å². The van der Waals surface area contributed by atoms with Crippen molar-refractivity contribution in [1.82, 2.24) is 19.9 Å². The van der Waals surface area contributed by atoms with E-state index in [1.54, 1.807) is 44.0 Å². The van der Waals surface area contributed by atoms with E-state index in [-0.39, 0.29) is 17.9 Å². The Hall–Kier alpha value is -3.00. The predicted molar refractivity (Wildman–Crippen MR) is 107 cm³/mol. The second-order valence-electron chi connectivity index (χ2n) is 7.79. The van der Waals surface area contributed by atoms with E-state index in [4.69, 9.17) is 4.74 Å². The Morgan fingerprint density at radius 1 is 0.967 bits per heavy atom. The summed E-state index contributed by atoms with van der Waals surface area (Å²) in [6.07, 6.45) is 8.55. The van der Waals surface area contributed by atoms with E-state index >= 15 is 0 Å². The van der Waals surface area contributed by atoms with Gasteiger partial charge in [-0.3, -0.25) is 0 Å². The molecule has 1 aliphatic heterocycles. The number of hydrogen-bond acceptors (Lipinski definition) is 6. The average Bonchev–Trinajstić information content (AvgIpc) is 3.45. The molecular weight excluding hydrogens is 388 g/mol. The standard InChI is InChI=1S/C22H21F2N5O/c1-30-15-3-6-29(12-15)19-8-13(7-18(23)20(19)24)16-9-17(16)14-10-27-22(28-11-14)21-25-4-2-5-26-21/h2,4-5,7-8,10-11,15-17H,3,6,9,12H2,1H3/t15-,16+,17-/m0/s1. The summed E-state index contributed by atoms with van der Waals surface area (Å²) in [5.41, 5.74) is 2.11. The summed E-state index contributed by atoms with van der Waals surface area (Å²) >= 11 is 0. The number of ether oxygens (including phenoxy) is 1. The number of nitrogens with zero attached hydrogens (tertiary/aromatic N) is 5. The van der Waals surface area contributed by atoms with Crippen molar-refractivity contribution in [2.75, 3.05) is 25.1 Å². The molecule has 1 aromatic carbocycles. The first-order valence-electron chi connectivity index (χ1n) is 10.00. The molecule has 2 aromatic heterocycles. The topological polar surface area (TPSA) is 64.0 Å². The molecule has 2 fully saturated rings. The van der Waals surface area contributed by atoms with Gasteiger partial charge in [0.15, 0.2) is 23.3 Å². The van der Waals surface area contributed by atoms with Crippen LogP contribution < -0.4 is 4.90 Å². The van der Waals surface area contributed by atoms with Gasteiger partial charge in [0, 0.05) is 45.0 Å². The molecule has 0 amide bonds. The lowest BCUT2D eigenvalue weighted by atomic mass is 10.0. The maximum absolute atomic E-state index is 14.5. The van der Waals surface area contributed by atoms with Crippen molar-refractivity contribution in [2.45, 2.75) is 30.8 Å². The molecule has 5 rings (SSSR count).